The largest absolute Gasteiger partial charge is 0.371 e. The molecule has 3 saturated heterocycles. The number of hydrogen-bond donors (Lipinski definition) is 0. The zero-order chi connectivity index (χ0) is 26.0. The molecule has 0 spiro atoms. The van der Waals surface area contributed by atoms with Gasteiger partial charge in [0.2, 0.25) is 0 Å². The van der Waals surface area contributed by atoms with Crippen molar-refractivity contribution in [2.75, 3.05) is 54.0 Å². The van der Waals surface area contributed by atoms with Gasteiger partial charge in [-0.05, 0) is 74.9 Å². The van der Waals surface area contributed by atoms with Gasteiger partial charge in [0, 0.05) is 112 Å². The van der Waals surface area contributed by atoms with Crippen LogP contribution in [0.3, 0.4) is 0 Å². The van der Waals surface area contributed by atoms with Gasteiger partial charge in [0.05, 0.1) is 0 Å². The SMILES string of the molecule is c1ccn(C2CCN(c3cc(N4CCC(n5cccc5)CC4)nc(N4CCC(n5cccc5)CC4)c3)CC2)c1. The Hall–Kier alpha value is -3.61. The van der Waals surface area contributed by atoms with Crippen LogP contribution in [-0.4, -0.2) is 58.0 Å². The van der Waals surface area contributed by atoms with Crippen LogP contribution in [0.15, 0.2) is 85.7 Å². The number of aromatic nitrogens is 4. The Morgan fingerprint density at radius 3 is 1.08 bits per heavy atom. The van der Waals surface area contributed by atoms with Crippen molar-refractivity contribution in [1.29, 1.82) is 0 Å². The smallest absolute Gasteiger partial charge is 0.133 e. The molecule has 7 rings (SSSR count). The van der Waals surface area contributed by atoms with Crippen LogP contribution < -0.4 is 14.7 Å². The normalized spacial score (nSPS) is 20.2. The first-order valence-electron chi connectivity index (χ1n) is 14.9. The lowest BCUT2D eigenvalue weighted by Gasteiger charge is -2.38. The maximum Gasteiger partial charge on any atom is 0.133 e. The molecule has 0 aliphatic carbocycles. The summed E-state index contributed by atoms with van der Waals surface area (Å²) in [4.78, 5) is 13.0. The van der Waals surface area contributed by atoms with E-state index in [4.69, 9.17) is 4.98 Å². The number of hydrogen-bond acceptors (Lipinski definition) is 4. The fourth-order valence-corrected chi connectivity index (χ4v) is 6.98. The Labute approximate surface area is 232 Å². The third-order valence-corrected chi connectivity index (χ3v) is 9.34. The van der Waals surface area contributed by atoms with E-state index in [9.17, 15) is 0 Å². The van der Waals surface area contributed by atoms with Crippen LogP contribution in [0, 0.1) is 0 Å². The predicted octanol–water partition coefficient (Wildman–Crippen LogP) is 6.01. The minimum atomic E-state index is 0.597. The third kappa shape index (κ3) is 5.19. The van der Waals surface area contributed by atoms with Gasteiger partial charge in [-0.3, -0.25) is 0 Å². The van der Waals surface area contributed by atoms with Crippen molar-refractivity contribution in [2.45, 2.75) is 56.7 Å². The summed E-state index contributed by atoms with van der Waals surface area (Å²) in [6.45, 7) is 6.43. The lowest BCUT2D eigenvalue weighted by Crippen LogP contribution is -2.38. The summed E-state index contributed by atoms with van der Waals surface area (Å²) in [5.74, 6) is 2.32. The molecule has 0 bridgehead atoms. The Kier molecular flexibility index (Phi) is 6.81. The van der Waals surface area contributed by atoms with E-state index in [0.29, 0.717) is 18.1 Å². The average Bonchev–Trinajstić information content (AvgIpc) is 3.82. The van der Waals surface area contributed by atoms with Crippen LogP contribution in [0.2, 0.25) is 0 Å². The lowest BCUT2D eigenvalue weighted by molar-refractivity contribution is 0.392. The van der Waals surface area contributed by atoms with E-state index in [1.54, 1.807) is 0 Å². The first kappa shape index (κ1) is 24.4. The van der Waals surface area contributed by atoms with Gasteiger partial charge >= 0.3 is 0 Å². The van der Waals surface area contributed by atoms with E-state index in [2.05, 4.69) is 114 Å². The van der Waals surface area contributed by atoms with Gasteiger partial charge in [0.25, 0.3) is 0 Å². The first-order chi connectivity index (χ1) is 19.3. The van der Waals surface area contributed by atoms with Gasteiger partial charge in [0.1, 0.15) is 11.6 Å². The molecule has 3 aliphatic heterocycles. The molecule has 0 atom stereocenters. The third-order valence-electron chi connectivity index (χ3n) is 9.34. The molecule has 0 aromatic carbocycles. The highest BCUT2D eigenvalue weighted by atomic mass is 15.3. The summed E-state index contributed by atoms with van der Waals surface area (Å²) in [6, 6.07) is 19.4. The minimum absolute atomic E-state index is 0.597. The molecule has 7 heterocycles. The Morgan fingerprint density at radius 2 is 0.744 bits per heavy atom. The van der Waals surface area contributed by atoms with E-state index in [-0.39, 0.29) is 0 Å². The second-order valence-electron chi connectivity index (χ2n) is 11.6. The van der Waals surface area contributed by atoms with Crippen LogP contribution >= 0.6 is 0 Å². The molecule has 3 fully saturated rings. The maximum absolute atomic E-state index is 5.31. The molecule has 0 saturated carbocycles. The monoisotopic (exact) mass is 523 g/mol. The molecule has 4 aromatic heterocycles. The summed E-state index contributed by atoms with van der Waals surface area (Å²) < 4.78 is 7.16. The van der Waals surface area contributed by atoms with Crippen LogP contribution in [0.4, 0.5) is 17.3 Å². The molecular formula is C32H41N7. The number of piperidine rings is 3. The molecule has 4 aromatic rings. The van der Waals surface area contributed by atoms with Crippen molar-refractivity contribution >= 4 is 17.3 Å². The van der Waals surface area contributed by atoms with Gasteiger partial charge in [-0.2, -0.15) is 0 Å². The number of rotatable bonds is 6. The van der Waals surface area contributed by atoms with Crippen LogP contribution in [-0.2, 0) is 0 Å². The van der Waals surface area contributed by atoms with Gasteiger partial charge in [-0.15, -0.1) is 0 Å². The van der Waals surface area contributed by atoms with Crippen LogP contribution in [0.25, 0.3) is 0 Å². The predicted molar refractivity (Wildman–Crippen MR) is 159 cm³/mol. The van der Waals surface area contributed by atoms with E-state index >= 15 is 0 Å². The highest BCUT2D eigenvalue weighted by molar-refractivity contribution is 5.63. The Morgan fingerprint density at radius 1 is 0.436 bits per heavy atom. The molecule has 0 radical (unpaired) electrons. The summed E-state index contributed by atoms with van der Waals surface area (Å²) >= 11 is 0. The Bertz CT molecular complexity index is 1110. The van der Waals surface area contributed by atoms with Crippen molar-refractivity contribution in [3.8, 4) is 0 Å². The van der Waals surface area contributed by atoms with Gasteiger partial charge in [0.15, 0.2) is 0 Å². The van der Waals surface area contributed by atoms with E-state index in [0.717, 1.165) is 50.9 Å². The summed E-state index contributed by atoms with van der Waals surface area (Å²) in [5.41, 5.74) is 1.35. The summed E-state index contributed by atoms with van der Waals surface area (Å²) in [5, 5.41) is 0. The maximum atomic E-state index is 5.31. The Balaban J connectivity index is 1.10. The average molecular weight is 524 g/mol. The highest BCUT2D eigenvalue weighted by Gasteiger charge is 2.27. The van der Waals surface area contributed by atoms with Crippen molar-refractivity contribution in [3.05, 3.63) is 85.7 Å². The van der Waals surface area contributed by atoms with E-state index in [1.807, 2.05) is 0 Å². The van der Waals surface area contributed by atoms with Crippen molar-refractivity contribution < 1.29 is 0 Å². The van der Waals surface area contributed by atoms with Crippen molar-refractivity contribution in [3.63, 3.8) is 0 Å². The molecule has 39 heavy (non-hydrogen) atoms. The first-order valence-corrected chi connectivity index (χ1v) is 14.9. The zero-order valence-corrected chi connectivity index (χ0v) is 22.9. The molecule has 204 valence electrons. The second-order valence-corrected chi connectivity index (χ2v) is 11.6. The minimum Gasteiger partial charge on any atom is -0.371 e. The van der Waals surface area contributed by atoms with Crippen molar-refractivity contribution in [1.82, 2.24) is 18.7 Å². The summed E-state index contributed by atoms with van der Waals surface area (Å²) in [7, 11) is 0. The second kappa shape index (κ2) is 10.9. The van der Waals surface area contributed by atoms with Gasteiger partial charge in [-0.25, -0.2) is 4.98 Å². The van der Waals surface area contributed by atoms with Crippen LogP contribution in [0.1, 0.15) is 56.7 Å². The number of nitrogens with zero attached hydrogens (tertiary/aromatic N) is 7. The highest BCUT2D eigenvalue weighted by Crippen LogP contribution is 2.35. The van der Waals surface area contributed by atoms with E-state index in [1.165, 1.54) is 44.2 Å². The topological polar surface area (TPSA) is 37.4 Å². The van der Waals surface area contributed by atoms with Gasteiger partial charge in [-0.1, -0.05) is 0 Å². The molecule has 7 nitrogen and oxygen atoms in total. The molecule has 3 aliphatic rings. The number of anilines is 3. The molecule has 0 N–H and O–H groups in total. The summed E-state index contributed by atoms with van der Waals surface area (Å²) in [6.07, 6.45) is 20.3. The lowest BCUT2D eigenvalue weighted by atomic mass is 10.0. The molecule has 0 unspecified atom stereocenters. The fraction of sp³-hybridized carbons (Fsp3) is 0.469. The standard InChI is InChI=1S/C32H41N7/c1-2-14-34(13-1)27-7-19-37(20-8-27)30-25-31(38-21-9-28(10-22-38)35-15-3-4-16-35)33-32(26-30)39-23-11-29(12-24-39)36-17-5-6-18-36/h1-6,13-18,25-29H,7-12,19-24H2. The van der Waals surface area contributed by atoms with Gasteiger partial charge < -0.3 is 28.4 Å². The quantitative estimate of drug-likeness (QED) is 0.310. The zero-order valence-electron chi connectivity index (χ0n) is 22.9. The number of pyridine rings is 1. The fourth-order valence-electron chi connectivity index (χ4n) is 6.98. The molecular weight excluding hydrogens is 482 g/mol. The van der Waals surface area contributed by atoms with Crippen LogP contribution in [0.5, 0.6) is 0 Å². The van der Waals surface area contributed by atoms with Crippen molar-refractivity contribution in [2.24, 2.45) is 0 Å². The molecule has 0 amide bonds. The van der Waals surface area contributed by atoms with E-state index < -0.39 is 0 Å². The molecule has 7 heteroatoms.